The van der Waals surface area contributed by atoms with Crippen LogP contribution in [0.5, 0.6) is 0 Å². The van der Waals surface area contributed by atoms with Crippen molar-refractivity contribution in [1.29, 1.82) is 0 Å². The summed E-state index contributed by atoms with van der Waals surface area (Å²) in [5, 5.41) is 12.0. The number of carboxylic acids is 1. The molecule has 3 rings (SSSR count). The van der Waals surface area contributed by atoms with E-state index in [1.807, 2.05) is 6.07 Å². The highest BCUT2D eigenvalue weighted by atomic mass is 19.1. The lowest BCUT2D eigenvalue weighted by Gasteiger charge is -2.26. The number of imidazole rings is 1. The van der Waals surface area contributed by atoms with Crippen LogP contribution in [0, 0.1) is 5.82 Å². The normalized spacial score (nSPS) is 17.6. The van der Waals surface area contributed by atoms with Gasteiger partial charge in [-0.1, -0.05) is 12.1 Å². The lowest BCUT2D eigenvalue weighted by molar-refractivity contribution is 0.0691. The summed E-state index contributed by atoms with van der Waals surface area (Å²) in [7, 11) is 0. The van der Waals surface area contributed by atoms with Crippen LogP contribution in [-0.2, 0) is 0 Å². The van der Waals surface area contributed by atoms with Crippen LogP contribution in [0.1, 0.15) is 28.5 Å². The maximum absolute atomic E-state index is 13.3. The number of carbonyl (C=O) groups is 1. The number of aromatic carboxylic acids is 1. The van der Waals surface area contributed by atoms with Gasteiger partial charge >= 0.3 is 5.97 Å². The number of benzene rings is 1. The van der Waals surface area contributed by atoms with Gasteiger partial charge in [0.15, 0.2) is 5.69 Å². The maximum atomic E-state index is 13.3. The summed E-state index contributed by atoms with van der Waals surface area (Å²) >= 11 is 0. The Bertz CT molecular complexity index is 639. The fraction of sp³-hybridized carbons (Fsp3) is 0.231. The Labute approximate surface area is 108 Å². The molecule has 1 aliphatic heterocycles. The molecule has 0 amide bonds. The van der Waals surface area contributed by atoms with E-state index in [1.165, 1.54) is 18.3 Å². The molecule has 0 saturated heterocycles. The van der Waals surface area contributed by atoms with E-state index in [0.29, 0.717) is 12.5 Å². The summed E-state index contributed by atoms with van der Waals surface area (Å²) in [6.45, 7) is 0.678. The second-order valence-electron chi connectivity index (χ2n) is 4.45. The minimum Gasteiger partial charge on any atom is -0.476 e. The standard InChI is InChI=1S/C13H12FN3O2/c14-9-3-1-2-8(6-9)11-4-5-15-13-16-10(12(18)19)7-17(11)13/h1-3,6-7,11H,4-5H2,(H,15,16)(H,18,19). The number of rotatable bonds is 2. The maximum Gasteiger partial charge on any atom is 0.356 e. The molecule has 0 spiro atoms. The molecule has 0 saturated carbocycles. The Morgan fingerprint density at radius 1 is 1.53 bits per heavy atom. The summed E-state index contributed by atoms with van der Waals surface area (Å²) in [6, 6.07) is 6.26. The van der Waals surface area contributed by atoms with E-state index in [9.17, 15) is 9.18 Å². The predicted octanol–water partition coefficient (Wildman–Crippen LogP) is 2.13. The van der Waals surface area contributed by atoms with Crippen LogP contribution in [0.3, 0.4) is 0 Å². The highest BCUT2D eigenvalue weighted by Crippen LogP contribution is 2.30. The second-order valence-corrected chi connectivity index (χ2v) is 4.45. The Balaban J connectivity index is 2.04. The van der Waals surface area contributed by atoms with E-state index in [1.54, 1.807) is 10.6 Å². The van der Waals surface area contributed by atoms with Gasteiger partial charge in [0.25, 0.3) is 0 Å². The molecule has 2 N–H and O–H groups in total. The van der Waals surface area contributed by atoms with E-state index < -0.39 is 5.97 Å². The van der Waals surface area contributed by atoms with Crippen LogP contribution >= 0.6 is 0 Å². The van der Waals surface area contributed by atoms with E-state index in [-0.39, 0.29) is 17.6 Å². The zero-order valence-corrected chi connectivity index (χ0v) is 10.0. The minimum absolute atomic E-state index is 0.00852. The highest BCUT2D eigenvalue weighted by molar-refractivity contribution is 5.85. The monoisotopic (exact) mass is 261 g/mol. The number of carboxylic acid groups (broad SMARTS) is 1. The van der Waals surface area contributed by atoms with Crippen molar-refractivity contribution in [1.82, 2.24) is 9.55 Å². The molecule has 0 aliphatic carbocycles. The molecule has 6 heteroatoms. The Morgan fingerprint density at radius 3 is 3.11 bits per heavy atom. The van der Waals surface area contributed by atoms with Crippen LogP contribution in [0.15, 0.2) is 30.5 Å². The summed E-state index contributed by atoms with van der Waals surface area (Å²) in [5.74, 6) is -0.851. The quantitative estimate of drug-likeness (QED) is 0.869. The van der Waals surface area contributed by atoms with Gasteiger partial charge in [0.1, 0.15) is 5.82 Å². The summed E-state index contributed by atoms with van der Waals surface area (Å²) in [4.78, 5) is 15.0. The summed E-state index contributed by atoms with van der Waals surface area (Å²) in [5.41, 5.74) is 0.808. The van der Waals surface area contributed by atoms with Crippen molar-refractivity contribution in [3.8, 4) is 0 Å². The van der Waals surface area contributed by atoms with Gasteiger partial charge in [0, 0.05) is 12.7 Å². The largest absolute Gasteiger partial charge is 0.476 e. The van der Waals surface area contributed by atoms with E-state index >= 15 is 0 Å². The van der Waals surface area contributed by atoms with Gasteiger partial charge < -0.3 is 15.0 Å². The van der Waals surface area contributed by atoms with Crippen molar-refractivity contribution < 1.29 is 14.3 Å². The van der Waals surface area contributed by atoms with E-state index in [2.05, 4.69) is 10.3 Å². The van der Waals surface area contributed by atoms with Crippen molar-refractivity contribution in [3.63, 3.8) is 0 Å². The van der Waals surface area contributed by atoms with Gasteiger partial charge in [-0.3, -0.25) is 0 Å². The van der Waals surface area contributed by atoms with Gasteiger partial charge in [-0.05, 0) is 24.1 Å². The topological polar surface area (TPSA) is 67.1 Å². The Morgan fingerprint density at radius 2 is 2.37 bits per heavy atom. The van der Waals surface area contributed by atoms with Crippen LogP contribution in [0.2, 0.25) is 0 Å². The molecule has 98 valence electrons. The molecule has 1 aromatic heterocycles. The van der Waals surface area contributed by atoms with Gasteiger partial charge in [0.05, 0.1) is 6.04 Å². The number of hydrogen-bond donors (Lipinski definition) is 2. The van der Waals surface area contributed by atoms with Crippen molar-refractivity contribution >= 4 is 11.9 Å². The van der Waals surface area contributed by atoms with Gasteiger partial charge in [-0.2, -0.15) is 0 Å². The lowest BCUT2D eigenvalue weighted by atomic mass is 10.0. The number of hydrogen-bond acceptors (Lipinski definition) is 3. The number of fused-ring (bicyclic) bond motifs is 1. The van der Waals surface area contributed by atoms with Crippen molar-refractivity contribution in [2.45, 2.75) is 12.5 Å². The Hall–Kier alpha value is -2.37. The molecule has 2 heterocycles. The molecule has 0 fully saturated rings. The zero-order chi connectivity index (χ0) is 13.4. The smallest absolute Gasteiger partial charge is 0.356 e. The van der Waals surface area contributed by atoms with Crippen molar-refractivity contribution in [2.75, 3.05) is 11.9 Å². The number of aromatic nitrogens is 2. The average Bonchev–Trinajstić information content (AvgIpc) is 2.82. The molecule has 19 heavy (non-hydrogen) atoms. The van der Waals surface area contributed by atoms with Gasteiger partial charge in [-0.25, -0.2) is 14.2 Å². The van der Waals surface area contributed by atoms with Crippen molar-refractivity contribution in [2.24, 2.45) is 0 Å². The lowest BCUT2D eigenvalue weighted by Crippen LogP contribution is -2.23. The predicted molar refractivity (Wildman–Crippen MR) is 66.8 cm³/mol. The molecule has 1 unspecified atom stereocenters. The third-order valence-corrected chi connectivity index (χ3v) is 3.22. The first-order valence-electron chi connectivity index (χ1n) is 5.96. The molecule has 5 nitrogen and oxygen atoms in total. The van der Waals surface area contributed by atoms with Gasteiger partial charge in [0.2, 0.25) is 5.95 Å². The molecular formula is C13H12FN3O2. The summed E-state index contributed by atoms with van der Waals surface area (Å²) in [6.07, 6.45) is 2.24. The number of anilines is 1. The molecular weight excluding hydrogens is 249 g/mol. The van der Waals surface area contributed by atoms with Crippen LogP contribution in [0.4, 0.5) is 10.3 Å². The first kappa shape index (κ1) is 11.7. The fourth-order valence-corrected chi connectivity index (χ4v) is 2.37. The first-order valence-corrected chi connectivity index (χ1v) is 5.96. The fourth-order valence-electron chi connectivity index (χ4n) is 2.37. The minimum atomic E-state index is -1.07. The van der Waals surface area contributed by atoms with Gasteiger partial charge in [-0.15, -0.1) is 0 Å². The number of nitrogens with one attached hydrogen (secondary N) is 1. The zero-order valence-electron chi connectivity index (χ0n) is 10.0. The first-order chi connectivity index (χ1) is 9.15. The van der Waals surface area contributed by atoms with Crippen LogP contribution in [0.25, 0.3) is 0 Å². The molecule has 0 bridgehead atoms. The average molecular weight is 261 g/mol. The number of nitrogens with zero attached hydrogens (tertiary/aromatic N) is 2. The van der Waals surface area contributed by atoms with E-state index in [0.717, 1.165) is 12.0 Å². The van der Waals surface area contributed by atoms with Crippen LogP contribution < -0.4 is 5.32 Å². The molecule has 0 radical (unpaired) electrons. The molecule has 2 aromatic rings. The third kappa shape index (κ3) is 2.05. The van der Waals surface area contributed by atoms with E-state index in [4.69, 9.17) is 5.11 Å². The third-order valence-electron chi connectivity index (χ3n) is 3.22. The Kier molecular flexibility index (Phi) is 2.70. The highest BCUT2D eigenvalue weighted by Gasteiger charge is 2.24. The summed E-state index contributed by atoms with van der Waals surface area (Å²) < 4.78 is 15.0. The van der Waals surface area contributed by atoms with Crippen LogP contribution in [-0.4, -0.2) is 27.2 Å². The SMILES string of the molecule is O=C(O)c1cn2c(n1)NCCC2c1cccc(F)c1. The molecule has 1 aliphatic rings. The molecule has 1 atom stereocenters. The van der Waals surface area contributed by atoms with Crippen molar-refractivity contribution in [3.05, 3.63) is 47.5 Å². The number of halogens is 1. The molecule has 1 aromatic carbocycles. The second kappa shape index (κ2) is 4.38.